The number of piperidine rings is 1. The average Bonchev–Trinajstić information content (AvgIpc) is 3.02. The highest BCUT2D eigenvalue weighted by atomic mass is 16.6. The van der Waals surface area contributed by atoms with E-state index in [-0.39, 0.29) is 10.6 Å². The Labute approximate surface area is 124 Å². The number of hydrogen-bond acceptors (Lipinski definition) is 5. The third kappa shape index (κ3) is 2.50. The van der Waals surface area contributed by atoms with Crippen LogP contribution in [0.25, 0.3) is 0 Å². The van der Waals surface area contributed by atoms with Crippen molar-refractivity contribution in [3.8, 4) is 0 Å². The van der Waals surface area contributed by atoms with Crippen LogP contribution in [0.3, 0.4) is 0 Å². The maximum absolute atomic E-state index is 11.4. The molecule has 2 aliphatic rings. The molecule has 0 bridgehead atoms. The Balaban J connectivity index is 1.84. The Morgan fingerprint density at radius 3 is 2.90 bits per heavy atom. The zero-order valence-electron chi connectivity index (χ0n) is 12.7. The van der Waals surface area contributed by atoms with Gasteiger partial charge in [0.15, 0.2) is 0 Å². The van der Waals surface area contributed by atoms with Crippen molar-refractivity contribution in [2.75, 3.05) is 18.4 Å². The number of hydrogen-bond donors (Lipinski definition) is 1. The van der Waals surface area contributed by atoms with Crippen LogP contribution in [0.1, 0.15) is 38.3 Å². The molecule has 7 heteroatoms. The Hall–Kier alpha value is -1.63. The number of anilines is 1. The number of nitrogens with one attached hydrogen (secondary N) is 1. The number of fused-ring (bicyclic) bond motifs is 1. The third-order valence-electron chi connectivity index (χ3n) is 4.79. The number of nitro groups is 1. The molecule has 0 radical (unpaired) electrons. The van der Waals surface area contributed by atoms with Gasteiger partial charge in [-0.1, -0.05) is 13.3 Å². The summed E-state index contributed by atoms with van der Waals surface area (Å²) >= 11 is 0. The van der Waals surface area contributed by atoms with E-state index in [0.29, 0.717) is 30.0 Å². The fourth-order valence-electron chi connectivity index (χ4n) is 3.75. The van der Waals surface area contributed by atoms with Gasteiger partial charge in [0.25, 0.3) is 0 Å². The van der Waals surface area contributed by atoms with Gasteiger partial charge in [0.2, 0.25) is 5.82 Å². The largest absolute Gasteiger partial charge is 0.360 e. The van der Waals surface area contributed by atoms with Crippen molar-refractivity contribution in [2.45, 2.75) is 51.1 Å². The SMILES string of the molecule is CCc1nn(C)c(NC2CCN3CCCCC23)c1[N+](=O)[O-]. The van der Waals surface area contributed by atoms with Crippen LogP contribution in [0, 0.1) is 10.1 Å². The van der Waals surface area contributed by atoms with Crippen molar-refractivity contribution in [3.63, 3.8) is 0 Å². The Morgan fingerprint density at radius 1 is 1.38 bits per heavy atom. The van der Waals surface area contributed by atoms with E-state index >= 15 is 0 Å². The molecule has 3 rings (SSSR count). The maximum atomic E-state index is 11.4. The minimum absolute atomic E-state index is 0.147. The van der Waals surface area contributed by atoms with Gasteiger partial charge in [-0.15, -0.1) is 0 Å². The topological polar surface area (TPSA) is 76.2 Å². The second-order valence-corrected chi connectivity index (χ2v) is 6.02. The molecule has 21 heavy (non-hydrogen) atoms. The standard InChI is InChI=1S/C14H23N5O2/c1-3-10-13(19(20)21)14(17(2)16-10)15-11-7-9-18-8-5-4-6-12(11)18/h11-12,15H,3-9H2,1-2H3. The number of nitrogens with zero attached hydrogens (tertiary/aromatic N) is 4. The molecule has 1 aromatic heterocycles. The molecule has 0 spiro atoms. The van der Waals surface area contributed by atoms with Gasteiger partial charge >= 0.3 is 5.69 Å². The van der Waals surface area contributed by atoms with Crippen LogP contribution in [0.5, 0.6) is 0 Å². The summed E-state index contributed by atoms with van der Waals surface area (Å²) in [5, 5.41) is 19.1. The minimum Gasteiger partial charge on any atom is -0.360 e. The highest BCUT2D eigenvalue weighted by molar-refractivity contribution is 5.60. The van der Waals surface area contributed by atoms with Crippen molar-refractivity contribution < 1.29 is 4.92 Å². The van der Waals surface area contributed by atoms with E-state index in [1.54, 1.807) is 11.7 Å². The predicted octanol–water partition coefficient (Wildman–Crippen LogP) is 1.93. The predicted molar refractivity (Wildman–Crippen MR) is 80.5 cm³/mol. The molecule has 0 aromatic carbocycles. The first kappa shape index (κ1) is 14.3. The quantitative estimate of drug-likeness (QED) is 0.678. The van der Waals surface area contributed by atoms with Crippen LogP contribution in [-0.4, -0.2) is 44.8 Å². The first-order valence-electron chi connectivity index (χ1n) is 7.82. The van der Waals surface area contributed by atoms with Crippen LogP contribution in [-0.2, 0) is 13.5 Å². The van der Waals surface area contributed by atoms with Crippen LogP contribution in [0.2, 0.25) is 0 Å². The van der Waals surface area contributed by atoms with E-state index in [1.807, 2.05) is 6.92 Å². The molecular weight excluding hydrogens is 270 g/mol. The molecular formula is C14H23N5O2. The van der Waals surface area contributed by atoms with Crippen LogP contribution in [0.15, 0.2) is 0 Å². The highest BCUT2D eigenvalue weighted by Crippen LogP contribution is 2.33. The monoisotopic (exact) mass is 293 g/mol. The van der Waals surface area contributed by atoms with Crippen molar-refractivity contribution in [2.24, 2.45) is 7.05 Å². The van der Waals surface area contributed by atoms with E-state index < -0.39 is 0 Å². The van der Waals surface area contributed by atoms with E-state index in [4.69, 9.17) is 0 Å². The molecule has 0 saturated carbocycles. The first-order chi connectivity index (χ1) is 10.1. The van der Waals surface area contributed by atoms with Crippen LogP contribution >= 0.6 is 0 Å². The van der Waals surface area contributed by atoms with E-state index in [0.717, 1.165) is 19.5 Å². The fourth-order valence-corrected chi connectivity index (χ4v) is 3.75. The average molecular weight is 293 g/mol. The van der Waals surface area contributed by atoms with Gasteiger partial charge in [-0.3, -0.25) is 15.0 Å². The van der Waals surface area contributed by atoms with Gasteiger partial charge < -0.3 is 5.32 Å². The van der Waals surface area contributed by atoms with Crippen LogP contribution < -0.4 is 5.32 Å². The number of rotatable bonds is 4. The molecule has 1 aromatic rings. The molecule has 2 fully saturated rings. The van der Waals surface area contributed by atoms with E-state index in [1.165, 1.54) is 19.3 Å². The summed E-state index contributed by atoms with van der Waals surface area (Å²) in [4.78, 5) is 13.6. The van der Waals surface area contributed by atoms with Crippen molar-refractivity contribution in [1.82, 2.24) is 14.7 Å². The zero-order valence-corrected chi connectivity index (χ0v) is 12.7. The summed E-state index contributed by atoms with van der Waals surface area (Å²) in [7, 11) is 1.78. The molecule has 2 atom stereocenters. The summed E-state index contributed by atoms with van der Waals surface area (Å²) in [6.07, 6.45) is 5.34. The van der Waals surface area contributed by atoms with E-state index in [2.05, 4.69) is 15.3 Å². The Kier molecular flexibility index (Phi) is 3.84. The van der Waals surface area contributed by atoms with E-state index in [9.17, 15) is 10.1 Å². The molecule has 1 N–H and O–H groups in total. The van der Waals surface area contributed by atoms with Crippen LogP contribution in [0.4, 0.5) is 11.5 Å². The van der Waals surface area contributed by atoms with Gasteiger partial charge in [0.1, 0.15) is 5.69 Å². The lowest BCUT2D eigenvalue weighted by Gasteiger charge is -2.32. The summed E-state index contributed by atoms with van der Waals surface area (Å²) in [5.41, 5.74) is 0.706. The number of aromatic nitrogens is 2. The molecule has 2 saturated heterocycles. The first-order valence-corrected chi connectivity index (χ1v) is 7.82. The fraction of sp³-hybridized carbons (Fsp3) is 0.786. The summed E-state index contributed by atoms with van der Waals surface area (Å²) in [6, 6.07) is 0.808. The third-order valence-corrected chi connectivity index (χ3v) is 4.79. The highest BCUT2D eigenvalue weighted by Gasteiger charge is 2.37. The Morgan fingerprint density at radius 2 is 2.19 bits per heavy atom. The van der Waals surface area contributed by atoms with Gasteiger partial charge in [-0.2, -0.15) is 5.10 Å². The smallest absolute Gasteiger partial charge is 0.333 e. The van der Waals surface area contributed by atoms with Crippen molar-refractivity contribution >= 4 is 11.5 Å². The normalized spacial score (nSPS) is 25.8. The van der Waals surface area contributed by atoms with Gasteiger partial charge in [0.05, 0.1) is 4.92 Å². The number of aryl methyl sites for hydroxylation is 2. The lowest BCUT2D eigenvalue weighted by Crippen LogP contribution is -2.42. The lowest BCUT2D eigenvalue weighted by atomic mass is 9.99. The molecule has 116 valence electrons. The molecule has 7 nitrogen and oxygen atoms in total. The second kappa shape index (κ2) is 5.63. The molecule has 2 unspecified atom stereocenters. The van der Waals surface area contributed by atoms with Crippen molar-refractivity contribution in [3.05, 3.63) is 15.8 Å². The molecule has 2 aliphatic heterocycles. The second-order valence-electron chi connectivity index (χ2n) is 6.02. The maximum Gasteiger partial charge on any atom is 0.333 e. The summed E-state index contributed by atoms with van der Waals surface area (Å²) in [5.74, 6) is 0.564. The minimum atomic E-state index is -0.304. The van der Waals surface area contributed by atoms with Gasteiger partial charge in [0, 0.05) is 25.7 Å². The zero-order chi connectivity index (χ0) is 15.0. The molecule has 0 aliphatic carbocycles. The van der Waals surface area contributed by atoms with Gasteiger partial charge in [-0.05, 0) is 32.2 Å². The molecule has 0 amide bonds. The lowest BCUT2D eigenvalue weighted by molar-refractivity contribution is -0.384. The van der Waals surface area contributed by atoms with Gasteiger partial charge in [-0.25, -0.2) is 4.68 Å². The van der Waals surface area contributed by atoms with Crippen molar-refractivity contribution in [1.29, 1.82) is 0 Å². The molecule has 3 heterocycles. The summed E-state index contributed by atoms with van der Waals surface area (Å²) < 4.78 is 1.63. The Bertz CT molecular complexity index is 542. The summed E-state index contributed by atoms with van der Waals surface area (Å²) in [6.45, 7) is 4.16.